The first-order valence-corrected chi connectivity index (χ1v) is 18.8. The lowest BCUT2D eigenvalue weighted by Gasteiger charge is -2.28. The smallest absolute Gasteiger partial charge is 0.0570 e. The molecule has 0 atom stereocenters. The molecule has 1 heterocycles. The lowest BCUT2D eigenvalue weighted by molar-refractivity contribution is 0.660. The molecule has 4 aliphatic rings. The van der Waals surface area contributed by atoms with E-state index in [1.54, 1.807) is 5.57 Å². The summed E-state index contributed by atoms with van der Waals surface area (Å²) < 4.78 is 0. The first kappa shape index (κ1) is 29.3. The van der Waals surface area contributed by atoms with Crippen LogP contribution in [-0.4, -0.2) is 6.54 Å². The zero-order valence-corrected chi connectivity index (χ0v) is 29.9. The van der Waals surface area contributed by atoms with Crippen LogP contribution in [0.3, 0.4) is 0 Å². The van der Waals surface area contributed by atoms with E-state index in [1.165, 1.54) is 106 Å². The van der Waals surface area contributed by atoms with E-state index in [0.29, 0.717) is 0 Å². The maximum atomic E-state index is 2.63. The summed E-state index contributed by atoms with van der Waals surface area (Å²) in [6, 6.07) is 44.3. The van der Waals surface area contributed by atoms with Crippen LogP contribution in [0.2, 0.25) is 0 Å². The minimum absolute atomic E-state index is 0.0749. The summed E-state index contributed by atoms with van der Waals surface area (Å²) in [5.74, 6) is 0. The molecule has 0 saturated heterocycles. The van der Waals surface area contributed by atoms with Gasteiger partial charge in [-0.15, -0.1) is 0 Å². The van der Waals surface area contributed by atoms with Crippen molar-refractivity contribution >= 4 is 38.0 Å². The van der Waals surface area contributed by atoms with Crippen molar-refractivity contribution in [2.45, 2.75) is 57.8 Å². The normalized spacial score (nSPS) is 17.6. The number of anilines is 1. The molecule has 0 bridgehead atoms. The van der Waals surface area contributed by atoms with Crippen molar-refractivity contribution in [3.05, 3.63) is 161 Å². The number of benzene rings is 7. The van der Waals surface area contributed by atoms with Crippen LogP contribution in [0.25, 0.3) is 65.7 Å². The Morgan fingerprint density at radius 2 is 1.06 bits per heavy atom. The average molecular weight is 656 g/mol. The average Bonchev–Trinajstić information content (AvgIpc) is 3.76. The second-order valence-corrected chi connectivity index (χ2v) is 16.2. The van der Waals surface area contributed by atoms with E-state index in [9.17, 15) is 0 Å². The lowest BCUT2D eigenvalue weighted by atomic mass is 9.77. The van der Waals surface area contributed by atoms with Gasteiger partial charge in [-0.05, 0) is 114 Å². The monoisotopic (exact) mass is 655 g/mol. The Labute approximate surface area is 300 Å². The fourth-order valence-electron chi connectivity index (χ4n) is 10.6. The van der Waals surface area contributed by atoms with E-state index in [2.05, 4.69) is 160 Å². The minimum Gasteiger partial charge on any atom is -0.340 e. The Bertz CT molecular complexity index is 2680. The molecule has 7 aromatic rings. The van der Waals surface area contributed by atoms with E-state index < -0.39 is 0 Å². The van der Waals surface area contributed by atoms with Gasteiger partial charge in [0.1, 0.15) is 0 Å². The summed E-state index contributed by atoms with van der Waals surface area (Å²) in [5, 5.41) is 8.09. The van der Waals surface area contributed by atoms with Crippen LogP contribution in [0.5, 0.6) is 0 Å². The van der Waals surface area contributed by atoms with E-state index in [1.807, 2.05) is 0 Å². The highest BCUT2D eigenvalue weighted by Gasteiger charge is 2.42. The molecule has 0 spiro atoms. The van der Waals surface area contributed by atoms with Gasteiger partial charge in [0.05, 0.1) is 5.69 Å². The van der Waals surface area contributed by atoms with Crippen LogP contribution < -0.4 is 4.90 Å². The number of rotatable bonds is 2. The molecule has 0 aromatic heterocycles. The Morgan fingerprint density at radius 1 is 0.490 bits per heavy atom. The predicted molar refractivity (Wildman–Crippen MR) is 217 cm³/mol. The highest BCUT2D eigenvalue weighted by Crippen LogP contribution is 2.60. The van der Waals surface area contributed by atoms with Crippen LogP contribution in [-0.2, 0) is 10.8 Å². The van der Waals surface area contributed by atoms with Crippen LogP contribution in [0.1, 0.15) is 69.2 Å². The molecule has 0 N–H and O–H groups in total. The fraction of sp³-hybridized carbons (Fsp3) is 0.200. The number of allylic oxidation sites excluding steroid dienone is 2. The van der Waals surface area contributed by atoms with Gasteiger partial charge in [-0.25, -0.2) is 0 Å². The molecule has 0 radical (unpaired) electrons. The highest BCUT2D eigenvalue weighted by atomic mass is 15.2. The molecule has 1 heteroatoms. The molecule has 1 nitrogen and oxygen atoms in total. The summed E-state index contributed by atoms with van der Waals surface area (Å²) >= 11 is 0. The lowest BCUT2D eigenvalue weighted by Crippen LogP contribution is -2.19. The number of nitrogens with zero attached hydrogens (tertiary/aromatic N) is 1. The summed E-state index contributed by atoms with van der Waals surface area (Å²) in [5.41, 5.74) is 18.2. The van der Waals surface area contributed by atoms with Crippen molar-refractivity contribution in [3.8, 4) is 33.4 Å². The molecule has 3 aliphatic carbocycles. The van der Waals surface area contributed by atoms with Gasteiger partial charge in [0.15, 0.2) is 0 Å². The van der Waals surface area contributed by atoms with Gasteiger partial charge in [-0.3, -0.25) is 0 Å². The van der Waals surface area contributed by atoms with Gasteiger partial charge in [-0.1, -0.05) is 143 Å². The highest BCUT2D eigenvalue weighted by molar-refractivity contribution is 6.26. The van der Waals surface area contributed by atoms with Gasteiger partial charge in [0.25, 0.3) is 0 Å². The molecular formula is C50H41N. The summed E-state index contributed by atoms with van der Waals surface area (Å²) in [7, 11) is 0. The third-order valence-corrected chi connectivity index (χ3v) is 13.0. The molecule has 51 heavy (non-hydrogen) atoms. The van der Waals surface area contributed by atoms with Crippen molar-refractivity contribution in [3.63, 3.8) is 0 Å². The van der Waals surface area contributed by atoms with Crippen LogP contribution in [0, 0.1) is 0 Å². The minimum atomic E-state index is -0.136. The van der Waals surface area contributed by atoms with E-state index in [0.717, 1.165) is 19.4 Å². The molecule has 11 rings (SSSR count). The zero-order chi connectivity index (χ0) is 34.2. The Balaban J connectivity index is 1.32. The maximum absolute atomic E-state index is 2.63. The number of fused-ring (bicyclic) bond motifs is 11. The largest absolute Gasteiger partial charge is 0.340 e. The second-order valence-electron chi connectivity index (χ2n) is 16.2. The maximum Gasteiger partial charge on any atom is 0.0570 e. The third-order valence-electron chi connectivity index (χ3n) is 13.0. The Morgan fingerprint density at radius 3 is 1.73 bits per heavy atom. The first-order valence-electron chi connectivity index (χ1n) is 18.8. The van der Waals surface area contributed by atoms with Gasteiger partial charge in [0, 0.05) is 33.8 Å². The summed E-state index contributed by atoms with van der Waals surface area (Å²) in [6.07, 6.45) is 8.24. The standard InChI is InChI=1S/C50H41N/c1-49(2)39-22-12-10-20-36(39)45-41(49)26-25-33-38(29-42-46(47(33)45)37-21-11-13-23-40(37)50(42,3)4)44-31-16-6-8-18-34(31)48(35-19-9-7-17-32(35)44)51-28-27-30-15-5-14-24-43(30)51/h6-14,16-26,29H,5,15,27-28H2,1-4H3. The topological polar surface area (TPSA) is 3.24 Å². The predicted octanol–water partition coefficient (Wildman–Crippen LogP) is 13.2. The Kier molecular flexibility index (Phi) is 5.81. The second kappa shape index (κ2) is 10.1. The van der Waals surface area contributed by atoms with Crippen molar-refractivity contribution in [1.29, 1.82) is 0 Å². The first-order chi connectivity index (χ1) is 24.9. The van der Waals surface area contributed by atoms with Crippen molar-refractivity contribution in [2.24, 2.45) is 0 Å². The van der Waals surface area contributed by atoms with E-state index in [-0.39, 0.29) is 10.8 Å². The molecule has 0 saturated carbocycles. The molecule has 0 unspecified atom stereocenters. The molecule has 1 aliphatic heterocycles. The fourth-order valence-corrected chi connectivity index (χ4v) is 10.6. The van der Waals surface area contributed by atoms with E-state index >= 15 is 0 Å². The zero-order valence-electron chi connectivity index (χ0n) is 29.9. The molecule has 0 amide bonds. The number of hydrogen-bond donors (Lipinski definition) is 0. The van der Waals surface area contributed by atoms with Gasteiger partial charge < -0.3 is 4.90 Å². The molecule has 246 valence electrons. The van der Waals surface area contributed by atoms with Crippen molar-refractivity contribution in [1.82, 2.24) is 0 Å². The van der Waals surface area contributed by atoms with Gasteiger partial charge in [0.2, 0.25) is 0 Å². The van der Waals surface area contributed by atoms with Gasteiger partial charge >= 0.3 is 0 Å². The van der Waals surface area contributed by atoms with Crippen molar-refractivity contribution < 1.29 is 0 Å². The van der Waals surface area contributed by atoms with Crippen LogP contribution in [0.15, 0.2) is 139 Å². The molecule has 7 aromatic carbocycles. The molecule has 0 fully saturated rings. The SMILES string of the molecule is CC1(C)c2ccccc2-c2c1ccc1c(-c3c4ccccc4c(N4CCC5=C4C=CCC5)c4ccccc34)cc3c(c21)-c1ccccc1C3(C)C. The van der Waals surface area contributed by atoms with E-state index in [4.69, 9.17) is 0 Å². The van der Waals surface area contributed by atoms with Gasteiger partial charge in [-0.2, -0.15) is 0 Å². The van der Waals surface area contributed by atoms with Crippen LogP contribution >= 0.6 is 0 Å². The molecular weight excluding hydrogens is 615 g/mol. The van der Waals surface area contributed by atoms with Crippen LogP contribution in [0.4, 0.5) is 5.69 Å². The summed E-state index contributed by atoms with van der Waals surface area (Å²) in [6.45, 7) is 10.7. The van der Waals surface area contributed by atoms with Crippen molar-refractivity contribution in [2.75, 3.05) is 11.4 Å². The third kappa shape index (κ3) is 3.72. The quantitative estimate of drug-likeness (QED) is 0.168. The Hall–Kier alpha value is -5.40. The summed E-state index contributed by atoms with van der Waals surface area (Å²) in [4.78, 5) is 2.63. The number of hydrogen-bond acceptors (Lipinski definition) is 1.